The van der Waals surface area contributed by atoms with Crippen molar-refractivity contribution in [3.63, 3.8) is 0 Å². The Hall–Kier alpha value is -3.74. The minimum Gasteiger partial charge on any atom is -0.467 e. The van der Waals surface area contributed by atoms with Crippen molar-refractivity contribution in [3.8, 4) is 0 Å². The highest BCUT2D eigenvalue weighted by Gasteiger charge is 2.19. The van der Waals surface area contributed by atoms with Crippen LogP contribution in [0.5, 0.6) is 0 Å². The molecule has 0 aliphatic rings. The maximum Gasteiger partial charge on any atom is 0.278 e. The van der Waals surface area contributed by atoms with Gasteiger partial charge in [0.05, 0.1) is 18.2 Å². The van der Waals surface area contributed by atoms with Gasteiger partial charge in [-0.15, -0.1) is 5.10 Å². The van der Waals surface area contributed by atoms with Crippen molar-refractivity contribution in [1.82, 2.24) is 15.0 Å². The molecule has 0 atom stereocenters. The molecule has 2 aromatic heterocycles. The fourth-order valence-electron chi connectivity index (χ4n) is 2.95. The summed E-state index contributed by atoms with van der Waals surface area (Å²) in [5.74, 6) is 0.359. The van der Waals surface area contributed by atoms with E-state index in [4.69, 9.17) is 4.42 Å². The number of anilines is 1. The molecule has 0 radical (unpaired) electrons. The van der Waals surface area contributed by atoms with Gasteiger partial charge in [0.15, 0.2) is 0 Å². The van der Waals surface area contributed by atoms with Gasteiger partial charge in [-0.25, -0.2) is 4.68 Å². The molecule has 7 heteroatoms. The predicted octanol–water partition coefficient (Wildman–Crippen LogP) is 2.93. The Morgan fingerprint density at radius 3 is 2.61 bits per heavy atom. The predicted molar refractivity (Wildman–Crippen MR) is 105 cm³/mol. The van der Waals surface area contributed by atoms with Crippen molar-refractivity contribution in [2.45, 2.75) is 20.0 Å². The fraction of sp³-hybridized carbons (Fsp3) is 0.143. The molecule has 0 saturated carbocycles. The second-order valence-corrected chi connectivity index (χ2v) is 6.46. The zero-order valence-corrected chi connectivity index (χ0v) is 15.3. The number of hydrogen-bond donors (Lipinski definition) is 0. The Morgan fingerprint density at radius 1 is 1.07 bits per heavy atom. The molecule has 0 bridgehead atoms. The Morgan fingerprint density at radius 2 is 1.86 bits per heavy atom. The van der Waals surface area contributed by atoms with E-state index in [0.29, 0.717) is 22.4 Å². The van der Waals surface area contributed by atoms with Gasteiger partial charge < -0.3 is 9.32 Å². The number of carbonyl (C=O) groups is 1. The molecule has 0 fully saturated rings. The number of rotatable bonds is 5. The molecule has 0 unspecified atom stereocenters. The summed E-state index contributed by atoms with van der Waals surface area (Å²) in [6.45, 7) is 2.02. The summed E-state index contributed by atoms with van der Waals surface area (Å²) in [6.07, 6.45) is 1.56. The maximum absolute atomic E-state index is 13.1. The van der Waals surface area contributed by atoms with Crippen molar-refractivity contribution in [3.05, 3.63) is 88.6 Å². The molecule has 2 aromatic carbocycles. The van der Waals surface area contributed by atoms with Gasteiger partial charge in [-0.1, -0.05) is 35.0 Å². The first-order valence-corrected chi connectivity index (χ1v) is 8.84. The molecule has 140 valence electrons. The van der Waals surface area contributed by atoms with Crippen LogP contribution in [0.25, 0.3) is 10.9 Å². The van der Waals surface area contributed by atoms with Gasteiger partial charge >= 0.3 is 0 Å². The highest BCUT2D eigenvalue weighted by Crippen LogP contribution is 2.19. The van der Waals surface area contributed by atoms with E-state index in [9.17, 15) is 9.59 Å². The monoisotopic (exact) mass is 374 g/mol. The van der Waals surface area contributed by atoms with Crippen molar-refractivity contribution in [2.24, 2.45) is 0 Å². The zero-order valence-electron chi connectivity index (χ0n) is 15.3. The molecule has 0 aliphatic heterocycles. The summed E-state index contributed by atoms with van der Waals surface area (Å²) in [4.78, 5) is 27.3. The smallest absolute Gasteiger partial charge is 0.278 e. The minimum absolute atomic E-state index is 0.217. The Labute approximate surface area is 160 Å². The first-order chi connectivity index (χ1) is 13.6. The van der Waals surface area contributed by atoms with Crippen LogP contribution in [0.1, 0.15) is 11.3 Å². The molecule has 1 amide bonds. The van der Waals surface area contributed by atoms with Crippen LogP contribution in [0.3, 0.4) is 0 Å². The molecular formula is C21H18N4O3. The topological polar surface area (TPSA) is 81.2 Å². The second-order valence-electron chi connectivity index (χ2n) is 6.46. The van der Waals surface area contributed by atoms with Crippen molar-refractivity contribution in [2.75, 3.05) is 4.90 Å². The van der Waals surface area contributed by atoms with Crippen LogP contribution >= 0.6 is 0 Å². The van der Waals surface area contributed by atoms with Crippen LogP contribution in [0.4, 0.5) is 5.69 Å². The number of benzene rings is 2. The van der Waals surface area contributed by atoms with Crippen LogP contribution in [0.15, 0.2) is 76.1 Å². The molecule has 2 heterocycles. The Bertz CT molecular complexity index is 1160. The highest BCUT2D eigenvalue weighted by atomic mass is 16.3. The van der Waals surface area contributed by atoms with E-state index in [1.807, 2.05) is 31.2 Å². The van der Waals surface area contributed by atoms with Gasteiger partial charge in [0.2, 0.25) is 5.91 Å². The Kier molecular flexibility index (Phi) is 4.72. The lowest BCUT2D eigenvalue weighted by Crippen LogP contribution is -2.37. The zero-order chi connectivity index (χ0) is 19.5. The SMILES string of the molecule is Cc1ccc(N(Cc2ccco2)C(=O)Cn2nnc3ccccc3c2=O)cc1. The number of aromatic nitrogens is 3. The normalized spacial score (nSPS) is 10.9. The summed E-state index contributed by atoms with van der Waals surface area (Å²) in [5.41, 5.74) is 1.96. The highest BCUT2D eigenvalue weighted by molar-refractivity contribution is 5.93. The standard InChI is InChI=1S/C21H18N4O3/c1-15-8-10-16(11-9-15)24(13-17-5-4-12-28-17)20(26)14-25-21(27)18-6-2-3-7-19(18)22-23-25/h2-12H,13-14H2,1H3. The van der Waals surface area contributed by atoms with Crippen LogP contribution in [-0.2, 0) is 17.9 Å². The molecule has 0 N–H and O–H groups in total. The van der Waals surface area contributed by atoms with Crippen LogP contribution in [-0.4, -0.2) is 20.9 Å². The fourth-order valence-corrected chi connectivity index (χ4v) is 2.95. The molecule has 0 spiro atoms. The van der Waals surface area contributed by atoms with Gasteiger partial charge in [0, 0.05) is 5.69 Å². The van der Waals surface area contributed by atoms with Crippen molar-refractivity contribution in [1.29, 1.82) is 0 Å². The quantitative estimate of drug-likeness (QED) is 0.536. The maximum atomic E-state index is 13.1. The van der Waals surface area contributed by atoms with Crippen LogP contribution in [0, 0.1) is 6.92 Å². The third-order valence-corrected chi connectivity index (χ3v) is 4.46. The summed E-state index contributed by atoms with van der Waals surface area (Å²) in [6, 6.07) is 18.1. The van der Waals surface area contributed by atoms with Crippen molar-refractivity contribution < 1.29 is 9.21 Å². The first kappa shape index (κ1) is 17.7. The van der Waals surface area contributed by atoms with Crippen LogP contribution < -0.4 is 10.5 Å². The van der Waals surface area contributed by atoms with E-state index in [2.05, 4.69) is 10.3 Å². The number of carbonyl (C=O) groups excluding carboxylic acids is 1. The second kappa shape index (κ2) is 7.48. The number of hydrogen-bond acceptors (Lipinski definition) is 5. The van der Waals surface area contributed by atoms with Gasteiger partial charge in [-0.3, -0.25) is 9.59 Å². The third kappa shape index (κ3) is 3.55. The molecule has 4 rings (SSSR count). The summed E-state index contributed by atoms with van der Waals surface area (Å²) >= 11 is 0. The van der Waals surface area contributed by atoms with E-state index < -0.39 is 0 Å². The molecule has 28 heavy (non-hydrogen) atoms. The number of furan rings is 1. The van der Waals surface area contributed by atoms with E-state index >= 15 is 0 Å². The van der Waals surface area contributed by atoms with Gasteiger partial charge in [-0.05, 0) is 43.3 Å². The number of nitrogens with zero attached hydrogens (tertiary/aromatic N) is 4. The summed E-state index contributed by atoms with van der Waals surface area (Å²) < 4.78 is 6.49. The summed E-state index contributed by atoms with van der Waals surface area (Å²) in [5, 5.41) is 8.38. The molecule has 7 nitrogen and oxygen atoms in total. The van der Waals surface area contributed by atoms with Gasteiger partial charge in [0.1, 0.15) is 17.8 Å². The number of fused-ring (bicyclic) bond motifs is 1. The lowest BCUT2D eigenvalue weighted by atomic mass is 10.2. The van der Waals surface area contributed by atoms with E-state index in [0.717, 1.165) is 10.2 Å². The van der Waals surface area contributed by atoms with Gasteiger partial charge in [-0.2, -0.15) is 0 Å². The first-order valence-electron chi connectivity index (χ1n) is 8.84. The largest absolute Gasteiger partial charge is 0.467 e. The van der Waals surface area contributed by atoms with Crippen molar-refractivity contribution >= 4 is 22.5 Å². The molecule has 0 aliphatic carbocycles. The number of aryl methyl sites for hydroxylation is 1. The molecule has 0 saturated heterocycles. The molecular weight excluding hydrogens is 356 g/mol. The lowest BCUT2D eigenvalue weighted by Gasteiger charge is -2.22. The average molecular weight is 374 g/mol. The average Bonchev–Trinajstić information content (AvgIpc) is 3.22. The Balaban J connectivity index is 1.66. The van der Waals surface area contributed by atoms with Gasteiger partial charge in [0.25, 0.3) is 5.56 Å². The lowest BCUT2D eigenvalue weighted by molar-refractivity contribution is -0.119. The van der Waals surface area contributed by atoms with E-state index in [-0.39, 0.29) is 24.6 Å². The van der Waals surface area contributed by atoms with Crippen LogP contribution in [0.2, 0.25) is 0 Å². The van der Waals surface area contributed by atoms with E-state index in [1.54, 1.807) is 47.6 Å². The molecule has 4 aromatic rings. The third-order valence-electron chi connectivity index (χ3n) is 4.46. The number of amides is 1. The minimum atomic E-state index is -0.346. The summed E-state index contributed by atoms with van der Waals surface area (Å²) in [7, 11) is 0. The van der Waals surface area contributed by atoms with E-state index in [1.165, 1.54) is 0 Å².